The fourth-order valence-corrected chi connectivity index (χ4v) is 19.9. The molecule has 108 valence electrons. The summed E-state index contributed by atoms with van der Waals surface area (Å²) in [6.07, 6.45) is 0. The molecule has 20 heavy (non-hydrogen) atoms. The fraction of sp³-hybridized carbons (Fsp3) is 0.500. The van der Waals surface area contributed by atoms with Crippen molar-refractivity contribution in [3.63, 3.8) is 0 Å². The van der Waals surface area contributed by atoms with E-state index < -0.39 is 0 Å². The first-order chi connectivity index (χ1) is 9.70. The van der Waals surface area contributed by atoms with E-state index in [1.54, 1.807) is 24.6 Å². The molecule has 2 atom stereocenters. The van der Waals surface area contributed by atoms with Gasteiger partial charge in [0, 0.05) is 0 Å². The molecule has 0 N–H and O–H groups in total. The van der Waals surface area contributed by atoms with E-state index in [1.807, 2.05) is 0 Å². The number of hydrogen-bond donors (Lipinski definition) is 0. The second-order valence-electron chi connectivity index (χ2n) is 4.48. The van der Waals surface area contributed by atoms with E-state index in [4.69, 9.17) is 0 Å². The molecular formula is C12H12S6Se2. The van der Waals surface area contributed by atoms with Crippen LogP contribution < -0.4 is 0 Å². The molecule has 0 saturated carbocycles. The van der Waals surface area contributed by atoms with Crippen LogP contribution in [0, 0.1) is 0 Å². The van der Waals surface area contributed by atoms with Gasteiger partial charge in [0.2, 0.25) is 0 Å². The Balaban J connectivity index is 1.52. The first kappa shape index (κ1) is 15.9. The summed E-state index contributed by atoms with van der Waals surface area (Å²) < 4.78 is 9.87. The van der Waals surface area contributed by atoms with E-state index in [0.717, 1.165) is 40.4 Å². The van der Waals surface area contributed by atoms with Gasteiger partial charge >= 0.3 is 160 Å². The molecule has 4 aliphatic rings. The van der Waals surface area contributed by atoms with E-state index in [-0.39, 0.29) is 0 Å². The predicted octanol–water partition coefficient (Wildman–Crippen LogP) is 5.84. The standard InChI is InChI=1S/C12H12S6Se2/c1-5-6(2)14-8-7(13-5)15-9(16-8)10-17-11-12(18-10)20-4-3-19-11/h5-6H,3-4H2,1-2H3. The van der Waals surface area contributed by atoms with Gasteiger partial charge in [-0.15, -0.1) is 0 Å². The molecule has 0 aromatic rings. The summed E-state index contributed by atoms with van der Waals surface area (Å²) in [6.45, 7) is 4.74. The number of thioether (sulfide) groups is 6. The van der Waals surface area contributed by atoms with Crippen molar-refractivity contribution in [3.05, 3.63) is 24.6 Å². The maximum atomic E-state index is 2.37. The number of rotatable bonds is 0. The molecule has 0 saturated heterocycles. The molecule has 0 nitrogen and oxygen atoms in total. The van der Waals surface area contributed by atoms with E-state index >= 15 is 0 Å². The zero-order valence-corrected chi connectivity index (χ0v) is 19.2. The molecule has 0 aliphatic carbocycles. The van der Waals surface area contributed by atoms with E-state index in [1.165, 1.54) is 10.6 Å². The monoisotopic (exact) mass is 508 g/mol. The molecule has 0 fully saturated rings. The van der Waals surface area contributed by atoms with Crippen molar-refractivity contribution < 1.29 is 0 Å². The van der Waals surface area contributed by atoms with E-state index in [0.29, 0.717) is 0 Å². The summed E-state index contributed by atoms with van der Waals surface area (Å²) in [7, 11) is 0. The van der Waals surface area contributed by atoms with Crippen LogP contribution in [0.4, 0.5) is 0 Å². The van der Waals surface area contributed by atoms with Gasteiger partial charge in [0.1, 0.15) is 0 Å². The zero-order valence-electron chi connectivity index (χ0n) is 10.8. The molecule has 4 heterocycles. The fourth-order valence-electron chi connectivity index (χ4n) is 1.83. The van der Waals surface area contributed by atoms with Gasteiger partial charge in [-0.25, -0.2) is 0 Å². The topological polar surface area (TPSA) is 0 Å². The molecule has 4 rings (SSSR count). The molecule has 0 bridgehead atoms. The third-order valence-electron chi connectivity index (χ3n) is 3.04. The maximum absolute atomic E-state index is 2.37. The third kappa shape index (κ3) is 3.13. The van der Waals surface area contributed by atoms with Crippen LogP contribution >= 0.6 is 70.6 Å². The zero-order chi connectivity index (χ0) is 13.7. The summed E-state index contributed by atoms with van der Waals surface area (Å²) in [5, 5.41) is 4.46. The second kappa shape index (κ2) is 6.70. The minimum absolute atomic E-state index is 0.748. The quantitative estimate of drug-likeness (QED) is 0.376. The van der Waals surface area contributed by atoms with Crippen LogP contribution in [0.3, 0.4) is 0 Å². The van der Waals surface area contributed by atoms with Crippen molar-refractivity contribution >= 4 is 100 Å². The Bertz CT molecular complexity index is 508. The van der Waals surface area contributed by atoms with Gasteiger partial charge in [-0.2, -0.15) is 0 Å². The van der Waals surface area contributed by atoms with Crippen molar-refractivity contribution in [1.82, 2.24) is 0 Å². The average Bonchev–Trinajstić information content (AvgIpc) is 3.02. The van der Waals surface area contributed by atoms with E-state index in [9.17, 15) is 0 Å². The molecule has 0 aromatic heterocycles. The van der Waals surface area contributed by atoms with Crippen molar-refractivity contribution in [3.8, 4) is 0 Å². The molecule has 0 aromatic carbocycles. The van der Waals surface area contributed by atoms with Crippen LogP contribution in [0.5, 0.6) is 0 Å². The molecule has 2 unspecified atom stereocenters. The molecule has 0 spiro atoms. The van der Waals surface area contributed by atoms with Gasteiger partial charge in [-0.1, -0.05) is 0 Å². The Labute approximate surface area is 158 Å². The normalized spacial score (nSPS) is 33.9. The van der Waals surface area contributed by atoms with Gasteiger partial charge in [-0.3, -0.25) is 0 Å². The molecule has 8 heteroatoms. The summed E-state index contributed by atoms with van der Waals surface area (Å²) in [4.78, 5) is 0. The minimum atomic E-state index is 0.748. The van der Waals surface area contributed by atoms with Crippen molar-refractivity contribution in [2.45, 2.75) is 35.0 Å². The summed E-state index contributed by atoms with van der Waals surface area (Å²) in [5.74, 6) is 0. The summed E-state index contributed by atoms with van der Waals surface area (Å²) >= 11 is 14.1. The Morgan fingerprint density at radius 1 is 0.700 bits per heavy atom. The van der Waals surface area contributed by atoms with Crippen LogP contribution in [0.15, 0.2) is 24.6 Å². The molecule has 0 radical (unpaired) electrons. The van der Waals surface area contributed by atoms with Gasteiger partial charge in [0.05, 0.1) is 0 Å². The van der Waals surface area contributed by atoms with Crippen LogP contribution in [0.1, 0.15) is 13.8 Å². The van der Waals surface area contributed by atoms with Gasteiger partial charge < -0.3 is 0 Å². The van der Waals surface area contributed by atoms with E-state index in [2.05, 4.69) is 84.4 Å². The van der Waals surface area contributed by atoms with Crippen molar-refractivity contribution in [1.29, 1.82) is 0 Å². The summed E-state index contributed by atoms with van der Waals surface area (Å²) in [5.41, 5.74) is 0. The average molecular weight is 507 g/mol. The van der Waals surface area contributed by atoms with Crippen LogP contribution in [-0.4, -0.2) is 40.4 Å². The molecule has 4 aliphatic heterocycles. The van der Waals surface area contributed by atoms with Gasteiger partial charge in [-0.05, 0) is 0 Å². The summed E-state index contributed by atoms with van der Waals surface area (Å²) in [6, 6.07) is 0. The molecular weight excluding hydrogens is 494 g/mol. The second-order valence-corrected chi connectivity index (χ2v) is 18.2. The van der Waals surface area contributed by atoms with Gasteiger partial charge in [0.15, 0.2) is 0 Å². The third-order valence-corrected chi connectivity index (χ3v) is 20.5. The van der Waals surface area contributed by atoms with Crippen molar-refractivity contribution in [2.24, 2.45) is 0 Å². The Morgan fingerprint density at radius 3 is 1.65 bits per heavy atom. The number of hydrogen-bond acceptors (Lipinski definition) is 6. The van der Waals surface area contributed by atoms with Crippen LogP contribution in [0.25, 0.3) is 0 Å². The Morgan fingerprint density at radius 2 is 1.15 bits per heavy atom. The Kier molecular flexibility index (Phi) is 5.31. The van der Waals surface area contributed by atoms with Gasteiger partial charge in [0.25, 0.3) is 0 Å². The van der Waals surface area contributed by atoms with Crippen LogP contribution in [-0.2, 0) is 0 Å². The Hall–Kier alpha value is 2.36. The predicted molar refractivity (Wildman–Crippen MR) is 107 cm³/mol. The van der Waals surface area contributed by atoms with Crippen molar-refractivity contribution in [2.75, 3.05) is 0 Å². The molecule has 0 amide bonds. The van der Waals surface area contributed by atoms with Crippen LogP contribution in [0.2, 0.25) is 10.6 Å². The first-order valence-electron chi connectivity index (χ1n) is 6.24. The first-order valence-corrected chi connectivity index (χ1v) is 15.4. The SMILES string of the molecule is CC1SC2=C(SC(=C3SC4=C(S3)[Se]CC[Se]4)S2)SC1C.